The van der Waals surface area contributed by atoms with E-state index in [2.05, 4.69) is 5.32 Å². The number of likely N-dealkylation sites (N-methyl/N-ethyl adjacent to an activating group) is 1. The average molecular weight is 182 g/mol. The van der Waals surface area contributed by atoms with E-state index in [-0.39, 0.29) is 18.4 Å². The molecule has 0 aliphatic rings. The van der Waals surface area contributed by atoms with Crippen LogP contribution in [-0.2, 0) is 0 Å². The van der Waals surface area contributed by atoms with E-state index < -0.39 is 0 Å². The summed E-state index contributed by atoms with van der Waals surface area (Å²) < 4.78 is 0. The summed E-state index contributed by atoms with van der Waals surface area (Å²) in [6.07, 6.45) is 0. The largest absolute Gasteiger partial charge is 0.505 e. The summed E-state index contributed by atoms with van der Waals surface area (Å²) in [6.45, 7) is -0.0759. The first-order chi connectivity index (χ1) is 6.20. The van der Waals surface area contributed by atoms with Crippen molar-refractivity contribution in [3.63, 3.8) is 0 Å². The van der Waals surface area contributed by atoms with Gasteiger partial charge in [0, 0.05) is 5.56 Å². The number of phenolic OH excluding ortho intramolecular Hbond substituents is 1. The first-order valence-electron chi connectivity index (χ1n) is 4.06. The minimum atomic E-state index is -0.275. The molecule has 0 fully saturated rings. The van der Waals surface area contributed by atoms with Crippen molar-refractivity contribution in [3.8, 4) is 5.75 Å². The zero-order valence-corrected chi connectivity index (χ0v) is 7.49. The number of phenols is 1. The van der Waals surface area contributed by atoms with Crippen molar-refractivity contribution in [2.75, 3.05) is 19.4 Å². The smallest absolute Gasteiger partial charge is 0.143 e. The van der Waals surface area contributed by atoms with Gasteiger partial charge in [-0.15, -0.1) is 0 Å². The Kier molecular flexibility index (Phi) is 3.11. The summed E-state index contributed by atoms with van der Waals surface area (Å²) in [4.78, 5) is 0. The molecule has 72 valence electrons. The molecular weight excluding hydrogens is 168 g/mol. The van der Waals surface area contributed by atoms with Gasteiger partial charge in [-0.05, 0) is 13.1 Å². The van der Waals surface area contributed by atoms with Gasteiger partial charge in [-0.2, -0.15) is 0 Å². The Balaban J connectivity index is 3.05. The van der Waals surface area contributed by atoms with Gasteiger partial charge in [-0.3, -0.25) is 0 Å². The Labute approximate surface area is 77.0 Å². The maximum absolute atomic E-state index is 9.55. The maximum Gasteiger partial charge on any atom is 0.143 e. The number of aliphatic hydroxyl groups is 1. The summed E-state index contributed by atoms with van der Waals surface area (Å²) in [5.41, 5.74) is 6.45. The normalized spacial score (nSPS) is 12.8. The second kappa shape index (κ2) is 4.11. The van der Waals surface area contributed by atoms with Crippen molar-refractivity contribution in [3.05, 3.63) is 23.8 Å². The predicted molar refractivity (Wildman–Crippen MR) is 51.4 cm³/mol. The van der Waals surface area contributed by atoms with Crippen LogP contribution < -0.4 is 11.1 Å². The minimum absolute atomic E-state index is 0.0379. The monoisotopic (exact) mass is 182 g/mol. The standard InChI is InChI=1S/C9H14N2O2/c1-11-8(5-12)6-3-2-4-7(10)9(6)13/h2-4,8,11-13H,5,10H2,1H3/t8-/m0/s1. The third kappa shape index (κ3) is 1.91. The van der Waals surface area contributed by atoms with Crippen molar-refractivity contribution in [2.24, 2.45) is 0 Å². The molecule has 13 heavy (non-hydrogen) atoms. The molecule has 0 amide bonds. The highest BCUT2D eigenvalue weighted by molar-refractivity contribution is 5.56. The van der Waals surface area contributed by atoms with Crippen LogP contribution in [0.15, 0.2) is 18.2 Å². The molecule has 1 aromatic carbocycles. The van der Waals surface area contributed by atoms with E-state index in [4.69, 9.17) is 10.8 Å². The van der Waals surface area contributed by atoms with Gasteiger partial charge < -0.3 is 21.3 Å². The molecule has 0 saturated heterocycles. The Morgan fingerprint density at radius 1 is 1.54 bits per heavy atom. The quantitative estimate of drug-likeness (QED) is 0.398. The van der Waals surface area contributed by atoms with E-state index >= 15 is 0 Å². The zero-order chi connectivity index (χ0) is 9.84. The van der Waals surface area contributed by atoms with Gasteiger partial charge in [0.2, 0.25) is 0 Å². The number of benzene rings is 1. The second-order valence-electron chi connectivity index (χ2n) is 2.81. The Morgan fingerprint density at radius 3 is 2.77 bits per heavy atom. The van der Waals surface area contributed by atoms with Crippen molar-refractivity contribution >= 4 is 5.69 Å². The van der Waals surface area contributed by atoms with Crippen LogP contribution in [-0.4, -0.2) is 23.9 Å². The third-order valence-corrected chi connectivity index (χ3v) is 2.00. The molecule has 0 unspecified atom stereocenters. The van der Waals surface area contributed by atoms with Gasteiger partial charge in [-0.1, -0.05) is 12.1 Å². The number of aliphatic hydroxyl groups excluding tert-OH is 1. The number of para-hydroxylation sites is 1. The zero-order valence-electron chi connectivity index (χ0n) is 7.49. The Bertz CT molecular complexity index is 285. The molecule has 5 N–H and O–H groups in total. The van der Waals surface area contributed by atoms with Gasteiger partial charge in [0.25, 0.3) is 0 Å². The molecule has 1 atom stereocenters. The van der Waals surface area contributed by atoms with Crippen LogP contribution in [0.2, 0.25) is 0 Å². The fraction of sp³-hybridized carbons (Fsp3) is 0.333. The molecule has 0 spiro atoms. The van der Waals surface area contributed by atoms with Gasteiger partial charge in [0.05, 0.1) is 18.3 Å². The molecular formula is C9H14N2O2. The van der Waals surface area contributed by atoms with Crippen LogP contribution >= 0.6 is 0 Å². The topological polar surface area (TPSA) is 78.5 Å². The highest BCUT2D eigenvalue weighted by atomic mass is 16.3. The van der Waals surface area contributed by atoms with Crippen LogP contribution in [0.1, 0.15) is 11.6 Å². The SMILES string of the molecule is CN[C@@H](CO)c1cccc(N)c1O. The van der Waals surface area contributed by atoms with Crippen LogP contribution in [0.25, 0.3) is 0 Å². The van der Waals surface area contributed by atoms with Crippen molar-refractivity contribution < 1.29 is 10.2 Å². The molecule has 0 bridgehead atoms. The fourth-order valence-corrected chi connectivity index (χ4v) is 1.21. The van der Waals surface area contributed by atoms with E-state index in [9.17, 15) is 5.11 Å². The molecule has 4 nitrogen and oxygen atoms in total. The number of hydrogen-bond donors (Lipinski definition) is 4. The molecule has 0 aromatic heterocycles. The van der Waals surface area contributed by atoms with Gasteiger partial charge in [-0.25, -0.2) is 0 Å². The Morgan fingerprint density at radius 2 is 2.23 bits per heavy atom. The number of hydrogen-bond acceptors (Lipinski definition) is 4. The molecule has 0 aliphatic carbocycles. The number of nitrogens with one attached hydrogen (secondary N) is 1. The number of nitrogens with two attached hydrogens (primary N) is 1. The van der Waals surface area contributed by atoms with E-state index in [1.54, 1.807) is 25.2 Å². The number of anilines is 1. The summed E-state index contributed by atoms with van der Waals surface area (Å²) in [5, 5.41) is 21.4. The maximum atomic E-state index is 9.55. The summed E-state index contributed by atoms with van der Waals surface area (Å²) in [6, 6.07) is 4.81. The highest BCUT2D eigenvalue weighted by Gasteiger charge is 2.13. The van der Waals surface area contributed by atoms with Gasteiger partial charge in [0.15, 0.2) is 0 Å². The summed E-state index contributed by atoms with van der Waals surface area (Å²) in [5.74, 6) is 0.0379. The third-order valence-electron chi connectivity index (χ3n) is 2.00. The number of nitrogen functional groups attached to an aromatic ring is 1. The van der Waals surface area contributed by atoms with Gasteiger partial charge in [0.1, 0.15) is 5.75 Å². The van der Waals surface area contributed by atoms with Crippen LogP contribution in [0.4, 0.5) is 5.69 Å². The Hall–Kier alpha value is -1.26. The molecule has 1 aromatic rings. The van der Waals surface area contributed by atoms with E-state index in [1.165, 1.54) is 0 Å². The highest BCUT2D eigenvalue weighted by Crippen LogP contribution is 2.29. The number of aromatic hydroxyl groups is 1. The minimum Gasteiger partial charge on any atom is -0.505 e. The van der Waals surface area contributed by atoms with Crippen molar-refractivity contribution in [2.45, 2.75) is 6.04 Å². The second-order valence-corrected chi connectivity index (χ2v) is 2.81. The first-order valence-corrected chi connectivity index (χ1v) is 4.06. The number of rotatable bonds is 3. The lowest BCUT2D eigenvalue weighted by Crippen LogP contribution is -2.20. The van der Waals surface area contributed by atoms with Crippen molar-refractivity contribution in [1.82, 2.24) is 5.32 Å². The molecule has 0 radical (unpaired) electrons. The molecule has 0 aliphatic heterocycles. The fourth-order valence-electron chi connectivity index (χ4n) is 1.21. The lowest BCUT2D eigenvalue weighted by Gasteiger charge is -2.15. The lowest BCUT2D eigenvalue weighted by molar-refractivity contribution is 0.248. The summed E-state index contributed by atoms with van der Waals surface area (Å²) >= 11 is 0. The van der Waals surface area contributed by atoms with Crippen molar-refractivity contribution in [1.29, 1.82) is 0 Å². The van der Waals surface area contributed by atoms with Crippen LogP contribution in [0.5, 0.6) is 5.75 Å². The average Bonchev–Trinajstić information content (AvgIpc) is 2.14. The molecule has 0 heterocycles. The molecule has 0 saturated carbocycles. The summed E-state index contributed by atoms with van der Waals surface area (Å²) in [7, 11) is 1.71. The van der Waals surface area contributed by atoms with Crippen LogP contribution in [0, 0.1) is 0 Å². The predicted octanol–water partition coefficient (Wildman–Crippen LogP) is 0.227. The van der Waals surface area contributed by atoms with Gasteiger partial charge >= 0.3 is 0 Å². The first kappa shape index (κ1) is 9.83. The van der Waals surface area contributed by atoms with Crippen LogP contribution in [0.3, 0.4) is 0 Å². The van der Waals surface area contributed by atoms with E-state index in [0.29, 0.717) is 11.3 Å². The van der Waals surface area contributed by atoms with E-state index in [1.807, 2.05) is 0 Å². The lowest BCUT2D eigenvalue weighted by atomic mass is 10.1. The molecule has 4 heteroatoms. The van der Waals surface area contributed by atoms with E-state index in [0.717, 1.165) is 0 Å². The molecule has 1 rings (SSSR count).